The van der Waals surface area contributed by atoms with E-state index >= 15 is 0 Å². The lowest BCUT2D eigenvalue weighted by Gasteiger charge is -2.61. The summed E-state index contributed by atoms with van der Waals surface area (Å²) in [5.74, 6) is 3.40. The second-order valence-corrected chi connectivity index (χ2v) is 17.3. The molecule has 1 heterocycles. The lowest BCUT2D eigenvalue weighted by molar-refractivity contribution is -0.0399. The molecule has 4 saturated carbocycles. The number of benzene rings is 6. The summed E-state index contributed by atoms with van der Waals surface area (Å²) in [5.41, 5.74) is 14.8. The van der Waals surface area contributed by atoms with E-state index in [4.69, 9.17) is 0 Å². The third-order valence-electron chi connectivity index (χ3n) is 13.6. The summed E-state index contributed by atoms with van der Waals surface area (Å²) >= 11 is 1.88. The summed E-state index contributed by atoms with van der Waals surface area (Å²) < 4.78 is 2.68. The molecule has 0 aliphatic heterocycles. The maximum absolute atomic E-state index is 3.94. The van der Waals surface area contributed by atoms with Crippen LogP contribution in [0.4, 0.5) is 17.1 Å². The lowest BCUT2D eigenvalue weighted by Crippen LogP contribution is -2.55. The Labute approximate surface area is 316 Å². The minimum absolute atomic E-state index is 0.172. The Kier molecular flexibility index (Phi) is 7.05. The fourth-order valence-corrected chi connectivity index (χ4v) is 12.8. The average molecular weight is 702 g/mol. The average Bonchev–Trinajstić information content (AvgIpc) is 3.70. The molecule has 2 heteroatoms. The third-order valence-corrected chi connectivity index (χ3v) is 14.8. The zero-order chi connectivity index (χ0) is 35.3. The van der Waals surface area contributed by atoms with Crippen molar-refractivity contribution in [2.75, 3.05) is 4.90 Å². The predicted octanol–water partition coefficient (Wildman–Crippen LogP) is 14.4. The second-order valence-electron chi connectivity index (χ2n) is 16.2. The van der Waals surface area contributed by atoms with Crippen LogP contribution in [0, 0.1) is 30.6 Å². The molecule has 0 unspecified atom stereocenters. The molecule has 5 aliphatic rings. The van der Waals surface area contributed by atoms with Crippen LogP contribution >= 0.6 is 11.3 Å². The minimum atomic E-state index is 0.172. The number of anilines is 3. The number of thiophene rings is 1. The van der Waals surface area contributed by atoms with Gasteiger partial charge >= 0.3 is 0 Å². The van der Waals surface area contributed by atoms with Crippen molar-refractivity contribution in [1.82, 2.24) is 0 Å². The molecule has 7 aromatic rings. The Bertz CT molecular complexity index is 2590. The van der Waals surface area contributed by atoms with Crippen LogP contribution in [0.25, 0.3) is 48.5 Å². The number of hydrogen-bond acceptors (Lipinski definition) is 2. The summed E-state index contributed by atoms with van der Waals surface area (Å²) in [6.07, 6.45) is 13.2. The minimum Gasteiger partial charge on any atom is -0.310 e. The highest BCUT2D eigenvalue weighted by atomic mass is 32.1. The first kappa shape index (κ1) is 31.4. The Morgan fingerprint density at radius 2 is 1.32 bits per heavy atom. The Morgan fingerprint density at radius 3 is 2.13 bits per heavy atom. The lowest BCUT2D eigenvalue weighted by atomic mass is 9.43. The van der Waals surface area contributed by atoms with Crippen LogP contribution in [0.5, 0.6) is 0 Å². The van der Waals surface area contributed by atoms with Crippen molar-refractivity contribution in [2.24, 2.45) is 23.7 Å². The van der Waals surface area contributed by atoms with Gasteiger partial charge < -0.3 is 4.90 Å². The van der Waals surface area contributed by atoms with Crippen LogP contribution in [-0.4, -0.2) is 0 Å². The maximum Gasteiger partial charge on any atom is 0.0496 e. The van der Waals surface area contributed by atoms with E-state index < -0.39 is 0 Å². The van der Waals surface area contributed by atoms with Gasteiger partial charge in [-0.2, -0.15) is 0 Å². The molecule has 1 spiro atoms. The Balaban J connectivity index is 1.05. The molecule has 1 nitrogen and oxygen atoms in total. The Hall–Kier alpha value is -5.18. The van der Waals surface area contributed by atoms with Crippen LogP contribution in [0.2, 0.25) is 0 Å². The van der Waals surface area contributed by atoms with Gasteiger partial charge in [0.05, 0.1) is 0 Å². The molecule has 12 rings (SSSR count). The van der Waals surface area contributed by atoms with Crippen molar-refractivity contribution in [2.45, 2.75) is 44.4 Å². The van der Waals surface area contributed by atoms with Gasteiger partial charge in [-0.05, 0) is 150 Å². The van der Waals surface area contributed by atoms with Crippen molar-refractivity contribution < 1.29 is 0 Å². The molecule has 0 N–H and O–H groups in total. The van der Waals surface area contributed by atoms with E-state index in [0.717, 1.165) is 23.7 Å². The van der Waals surface area contributed by atoms with Crippen LogP contribution < -0.4 is 4.90 Å². The normalized spacial score (nSPS) is 23.6. The van der Waals surface area contributed by atoms with E-state index in [2.05, 4.69) is 152 Å². The van der Waals surface area contributed by atoms with Crippen molar-refractivity contribution >= 4 is 54.6 Å². The van der Waals surface area contributed by atoms with Crippen molar-refractivity contribution in [3.63, 3.8) is 0 Å². The molecule has 5 aliphatic carbocycles. The van der Waals surface area contributed by atoms with E-state index in [1.54, 1.807) is 11.1 Å². The van der Waals surface area contributed by atoms with Crippen molar-refractivity contribution in [1.29, 1.82) is 0 Å². The van der Waals surface area contributed by atoms with Gasteiger partial charge in [0.2, 0.25) is 0 Å². The zero-order valence-electron chi connectivity index (χ0n) is 30.3. The fourth-order valence-electron chi connectivity index (χ4n) is 11.7. The summed E-state index contributed by atoms with van der Waals surface area (Å²) in [6.45, 7) is 6.19. The highest BCUT2D eigenvalue weighted by Gasteiger charge is 2.61. The first-order chi connectivity index (χ1) is 26.1. The van der Waals surface area contributed by atoms with Crippen LogP contribution in [-0.2, 0) is 5.41 Å². The summed E-state index contributed by atoms with van der Waals surface area (Å²) in [5, 5.41) is 2.68. The van der Waals surface area contributed by atoms with Gasteiger partial charge in [-0.25, -0.2) is 0 Å². The molecular formula is C51H43NS. The monoisotopic (exact) mass is 701 g/mol. The molecule has 0 amide bonds. The molecule has 1 aromatic heterocycles. The first-order valence-corrected chi connectivity index (χ1v) is 20.4. The van der Waals surface area contributed by atoms with Gasteiger partial charge in [0.15, 0.2) is 0 Å². The molecule has 4 bridgehead atoms. The van der Waals surface area contributed by atoms with Crippen molar-refractivity contribution in [3.05, 3.63) is 168 Å². The van der Waals surface area contributed by atoms with Crippen LogP contribution in [0.15, 0.2) is 146 Å². The van der Waals surface area contributed by atoms with Gasteiger partial charge in [-0.15, -0.1) is 11.3 Å². The molecule has 0 radical (unpaired) electrons. The van der Waals surface area contributed by atoms with E-state index in [0.29, 0.717) is 0 Å². The largest absolute Gasteiger partial charge is 0.310 e. The van der Waals surface area contributed by atoms with Crippen LogP contribution in [0.3, 0.4) is 0 Å². The number of allylic oxidation sites excluding steroid dienone is 2. The zero-order valence-corrected chi connectivity index (χ0v) is 31.1. The van der Waals surface area contributed by atoms with Gasteiger partial charge in [-0.3, -0.25) is 0 Å². The predicted molar refractivity (Wildman–Crippen MR) is 227 cm³/mol. The van der Waals surface area contributed by atoms with E-state index in [1.807, 2.05) is 23.5 Å². The smallest absolute Gasteiger partial charge is 0.0496 e. The molecule has 4 fully saturated rings. The molecule has 0 atom stereocenters. The van der Waals surface area contributed by atoms with E-state index in [1.165, 1.54) is 103 Å². The Morgan fingerprint density at radius 1 is 0.623 bits per heavy atom. The quantitative estimate of drug-likeness (QED) is 0.156. The van der Waals surface area contributed by atoms with Crippen LogP contribution in [0.1, 0.15) is 54.4 Å². The second kappa shape index (κ2) is 11.9. The number of hydrogen-bond donors (Lipinski definition) is 0. The first-order valence-electron chi connectivity index (χ1n) is 19.5. The molecule has 53 heavy (non-hydrogen) atoms. The summed E-state index contributed by atoms with van der Waals surface area (Å²) in [7, 11) is 0. The van der Waals surface area contributed by atoms with E-state index in [-0.39, 0.29) is 5.41 Å². The summed E-state index contributed by atoms with van der Waals surface area (Å²) in [4.78, 5) is 2.49. The molecule has 258 valence electrons. The van der Waals surface area contributed by atoms with Gasteiger partial charge in [0.25, 0.3) is 0 Å². The number of rotatable bonds is 6. The number of nitrogens with zero attached hydrogens (tertiary/aromatic N) is 1. The van der Waals surface area contributed by atoms with Gasteiger partial charge in [0, 0.05) is 42.6 Å². The standard InChI is InChI=1S/C51H43NS/c1-3-4-10-35-11-9-15-48(32(35)2)52(40-20-17-36(18-21-40)37-19-23-44-43-13-6-8-16-49(43)53-50(44)30-37)41-22-24-47-45(31-41)42-12-5-7-14-46(42)51(47)38-26-33-25-34(28-38)29-39(51)27-33/h3-24,30-31,33-34,38-39H,1,25-29H2,2H3/b10-4-. The molecule has 0 saturated heterocycles. The fraction of sp³-hybridized carbons (Fsp3) is 0.216. The maximum atomic E-state index is 3.94. The van der Waals surface area contributed by atoms with Gasteiger partial charge in [0.1, 0.15) is 0 Å². The van der Waals surface area contributed by atoms with E-state index in [9.17, 15) is 0 Å². The topological polar surface area (TPSA) is 3.24 Å². The highest BCUT2D eigenvalue weighted by molar-refractivity contribution is 7.25. The molecule has 6 aromatic carbocycles. The van der Waals surface area contributed by atoms with Gasteiger partial charge in [-0.1, -0.05) is 110 Å². The highest BCUT2D eigenvalue weighted by Crippen LogP contribution is 2.69. The van der Waals surface area contributed by atoms with Crippen molar-refractivity contribution in [3.8, 4) is 22.3 Å². The molecular weight excluding hydrogens is 659 g/mol. The number of fused-ring (bicyclic) bond motifs is 6. The SMILES string of the molecule is C=C/C=C\c1cccc(N(c2ccc(-c3ccc4c(c3)sc3ccccc34)cc2)c2ccc3c(c2)-c2ccccc2C32C3CC4CC(C3)CC2C4)c1C. The summed E-state index contributed by atoms with van der Waals surface area (Å²) in [6, 6.07) is 48.6. The third kappa shape index (κ3) is 4.61.